The van der Waals surface area contributed by atoms with Crippen LogP contribution in [0.3, 0.4) is 0 Å². The number of pyridine rings is 1. The fourth-order valence-electron chi connectivity index (χ4n) is 2.45. The zero-order valence-corrected chi connectivity index (χ0v) is 16.2. The monoisotopic (exact) mass is 403 g/mol. The van der Waals surface area contributed by atoms with Crippen molar-refractivity contribution in [3.8, 4) is 0 Å². The summed E-state index contributed by atoms with van der Waals surface area (Å²) in [5.74, 6) is 0.0871. The van der Waals surface area contributed by atoms with E-state index in [1.54, 1.807) is 41.4 Å². The number of hydrogen-bond donors (Lipinski definition) is 1. The molecule has 0 saturated heterocycles. The second-order valence-electron chi connectivity index (χ2n) is 5.98. The molecule has 1 N–H and O–H groups in total. The van der Waals surface area contributed by atoms with Gasteiger partial charge in [0.25, 0.3) is 11.8 Å². The molecule has 1 heterocycles. The summed E-state index contributed by atoms with van der Waals surface area (Å²) in [6.07, 6.45) is 1.65. The Labute approximate surface area is 156 Å². The first-order valence-electron chi connectivity index (χ1n) is 8.23. The first kappa shape index (κ1) is 19.1. The van der Waals surface area contributed by atoms with E-state index in [2.05, 4.69) is 26.2 Å². The van der Waals surface area contributed by atoms with Crippen molar-refractivity contribution in [3.05, 3.63) is 58.7 Å². The Bertz CT molecular complexity index is 717. The minimum absolute atomic E-state index is 0.0512. The van der Waals surface area contributed by atoms with E-state index in [0.717, 1.165) is 4.47 Å². The van der Waals surface area contributed by atoms with Crippen molar-refractivity contribution in [1.82, 2.24) is 10.3 Å². The molecule has 2 rings (SSSR count). The van der Waals surface area contributed by atoms with Gasteiger partial charge in [-0.15, -0.1) is 0 Å². The molecule has 2 aromatic rings. The van der Waals surface area contributed by atoms with Crippen LogP contribution >= 0.6 is 15.9 Å². The molecular formula is C19H22BrN3O2. The number of halogens is 1. The standard InChI is InChI=1S/C19H22BrN3O2/c1-4-23(16-11-10-15(20)12-21-16)19(25)17(13(2)3)22-18(24)14-8-6-5-7-9-14/h5-13,17H,4H2,1-3H3,(H,22,24). The Morgan fingerprint density at radius 3 is 2.36 bits per heavy atom. The van der Waals surface area contributed by atoms with E-state index < -0.39 is 6.04 Å². The van der Waals surface area contributed by atoms with E-state index in [0.29, 0.717) is 17.9 Å². The zero-order valence-electron chi connectivity index (χ0n) is 14.6. The third-order valence-electron chi connectivity index (χ3n) is 3.83. The summed E-state index contributed by atoms with van der Waals surface area (Å²) in [5.41, 5.74) is 0.533. The lowest BCUT2D eigenvalue weighted by molar-refractivity contribution is -0.121. The van der Waals surface area contributed by atoms with Gasteiger partial charge in [-0.3, -0.25) is 14.5 Å². The van der Waals surface area contributed by atoms with E-state index in [1.165, 1.54) is 0 Å². The normalized spacial score (nSPS) is 11.9. The highest BCUT2D eigenvalue weighted by Gasteiger charge is 2.29. The highest BCUT2D eigenvalue weighted by atomic mass is 79.9. The number of carbonyl (C=O) groups is 2. The van der Waals surface area contributed by atoms with Crippen molar-refractivity contribution in [2.45, 2.75) is 26.8 Å². The van der Waals surface area contributed by atoms with Crippen LogP contribution in [-0.2, 0) is 4.79 Å². The predicted molar refractivity (Wildman–Crippen MR) is 102 cm³/mol. The van der Waals surface area contributed by atoms with E-state index >= 15 is 0 Å². The first-order chi connectivity index (χ1) is 11.9. The summed E-state index contributed by atoms with van der Waals surface area (Å²) in [5, 5.41) is 2.86. The van der Waals surface area contributed by atoms with Crippen LogP contribution in [0, 0.1) is 5.92 Å². The Hall–Kier alpha value is -2.21. The first-order valence-corrected chi connectivity index (χ1v) is 9.02. The highest BCUT2D eigenvalue weighted by Crippen LogP contribution is 2.17. The lowest BCUT2D eigenvalue weighted by Crippen LogP contribution is -2.51. The van der Waals surface area contributed by atoms with E-state index in [-0.39, 0.29) is 17.7 Å². The number of benzene rings is 1. The molecule has 5 nitrogen and oxygen atoms in total. The number of hydrogen-bond acceptors (Lipinski definition) is 3. The van der Waals surface area contributed by atoms with Gasteiger partial charge in [0.15, 0.2) is 0 Å². The van der Waals surface area contributed by atoms with Crippen LogP contribution in [0.4, 0.5) is 5.82 Å². The van der Waals surface area contributed by atoms with Gasteiger partial charge in [-0.05, 0) is 53.0 Å². The Morgan fingerprint density at radius 2 is 1.84 bits per heavy atom. The molecule has 6 heteroatoms. The maximum atomic E-state index is 13.0. The van der Waals surface area contributed by atoms with Crippen molar-refractivity contribution in [3.63, 3.8) is 0 Å². The van der Waals surface area contributed by atoms with Crippen LogP contribution in [0.15, 0.2) is 53.1 Å². The minimum Gasteiger partial charge on any atom is -0.340 e. The summed E-state index contributed by atoms with van der Waals surface area (Å²) in [6.45, 7) is 6.18. The third kappa shape index (κ3) is 4.89. The summed E-state index contributed by atoms with van der Waals surface area (Å²) < 4.78 is 0.845. The topological polar surface area (TPSA) is 62.3 Å². The molecule has 0 spiro atoms. The number of rotatable bonds is 6. The maximum Gasteiger partial charge on any atom is 0.251 e. The van der Waals surface area contributed by atoms with Crippen molar-refractivity contribution < 1.29 is 9.59 Å². The van der Waals surface area contributed by atoms with Crippen molar-refractivity contribution in [2.24, 2.45) is 5.92 Å². The molecule has 1 unspecified atom stereocenters. The van der Waals surface area contributed by atoms with Gasteiger partial charge in [-0.1, -0.05) is 32.0 Å². The molecule has 0 bridgehead atoms. The number of anilines is 1. The molecule has 0 aliphatic carbocycles. The maximum absolute atomic E-state index is 13.0. The van der Waals surface area contributed by atoms with Gasteiger partial charge < -0.3 is 5.32 Å². The van der Waals surface area contributed by atoms with Crippen molar-refractivity contribution >= 4 is 33.6 Å². The molecule has 0 aliphatic heterocycles. The van der Waals surface area contributed by atoms with Gasteiger partial charge in [0.05, 0.1) is 0 Å². The number of nitrogens with one attached hydrogen (secondary N) is 1. The molecule has 0 fully saturated rings. The molecule has 0 aliphatic rings. The highest BCUT2D eigenvalue weighted by molar-refractivity contribution is 9.10. The summed E-state index contributed by atoms with van der Waals surface area (Å²) in [6, 6.07) is 11.9. The largest absolute Gasteiger partial charge is 0.340 e. The SMILES string of the molecule is CCN(C(=O)C(NC(=O)c1ccccc1)C(C)C)c1ccc(Br)cn1. The zero-order chi connectivity index (χ0) is 18.4. The average Bonchev–Trinajstić information content (AvgIpc) is 2.62. The van der Waals surface area contributed by atoms with Crippen LogP contribution in [-0.4, -0.2) is 29.4 Å². The number of aromatic nitrogens is 1. The second-order valence-corrected chi connectivity index (χ2v) is 6.89. The summed E-state index contributed by atoms with van der Waals surface area (Å²) in [7, 11) is 0. The van der Waals surface area contributed by atoms with Crippen LogP contribution in [0.5, 0.6) is 0 Å². The number of carbonyl (C=O) groups excluding carboxylic acids is 2. The number of likely N-dealkylation sites (N-methyl/N-ethyl adjacent to an activating group) is 1. The van der Waals surface area contributed by atoms with Crippen LogP contribution < -0.4 is 10.2 Å². The fourth-order valence-corrected chi connectivity index (χ4v) is 2.69. The molecule has 0 saturated carbocycles. The number of nitrogens with zero attached hydrogens (tertiary/aromatic N) is 2. The van der Waals surface area contributed by atoms with Crippen LogP contribution in [0.2, 0.25) is 0 Å². The summed E-state index contributed by atoms with van der Waals surface area (Å²) >= 11 is 3.34. The Balaban J connectivity index is 2.21. The van der Waals surface area contributed by atoms with Crippen LogP contribution in [0.25, 0.3) is 0 Å². The molecule has 0 radical (unpaired) electrons. The van der Waals surface area contributed by atoms with Gasteiger partial charge in [0.1, 0.15) is 11.9 Å². The molecule has 1 aromatic carbocycles. The van der Waals surface area contributed by atoms with Crippen molar-refractivity contribution in [2.75, 3.05) is 11.4 Å². The van der Waals surface area contributed by atoms with Gasteiger partial charge in [-0.25, -0.2) is 4.98 Å². The van der Waals surface area contributed by atoms with Gasteiger partial charge in [-0.2, -0.15) is 0 Å². The van der Waals surface area contributed by atoms with Gasteiger partial charge in [0, 0.05) is 22.8 Å². The van der Waals surface area contributed by atoms with E-state index in [9.17, 15) is 9.59 Å². The van der Waals surface area contributed by atoms with Crippen LogP contribution in [0.1, 0.15) is 31.1 Å². The van der Waals surface area contributed by atoms with E-state index in [4.69, 9.17) is 0 Å². The molecule has 2 amide bonds. The summed E-state index contributed by atoms with van der Waals surface area (Å²) in [4.78, 5) is 31.4. The minimum atomic E-state index is -0.627. The quantitative estimate of drug-likeness (QED) is 0.800. The second kappa shape index (κ2) is 8.76. The average molecular weight is 404 g/mol. The molecule has 1 atom stereocenters. The number of amides is 2. The molecule has 132 valence electrons. The Morgan fingerprint density at radius 1 is 1.16 bits per heavy atom. The molecule has 1 aromatic heterocycles. The predicted octanol–water partition coefficient (Wildman–Crippen LogP) is 3.65. The smallest absolute Gasteiger partial charge is 0.251 e. The lowest BCUT2D eigenvalue weighted by atomic mass is 10.0. The molecular weight excluding hydrogens is 382 g/mol. The fraction of sp³-hybridized carbons (Fsp3) is 0.316. The van der Waals surface area contributed by atoms with Gasteiger partial charge >= 0.3 is 0 Å². The van der Waals surface area contributed by atoms with E-state index in [1.807, 2.05) is 32.9 Å². The van der Waals surface area contributed by atoms with Crippen molar-refractivity contribution in [1.29, 1.82) is 0 Å². The molecule has 25 heavy (non-hydrogen) atoms. The Kier molecular flexibility index (Phi) is 6.70. The third-order valence-corrected chi connectivity index (χ3v) is 4.29. The lowest BCUT2D eigenvalue weighted by Gasteiger charge is -2.28. The van der Waals surface area contributed by atoms with Gasteiger partial charge in [0.2, 0.25) is 0 Å².